The van der Waals surface area contributed by atoms with E-state index in [1.54, 1.807) is 0 Å². The second-order valence-corrected chi connectivity index (χ2v) is 4.38. The van der Waals surface area contributed by atoms with Gasteiger partial charge in [-0.2, -0.15) is 22.5 Å². The SMILES string of the molecule is O=C(O)c1ccc(CNc2nc(C(F)(F)F)ns2)cn1. The molecule has 0 aliphatic heterocycles. The molecular formula is C10H7F3N4O2S. The zero-order valence-electron chi connectivity index (χ0n) is 9.68. The molecule has 2 aromatic heterocycles. The van der Waals surface area contributed by atoms with Gasteiger partial charge in [0.1, 0.15) is 5.69 Å². The fourth-order valence-electron chi connectivity index (χ4n) is 1.24. The summed E-state index contributed by atoms with van der Waals surface area (Å²) in [6.45, 7) is 0.166. The summed E-state index contributed by atoms with van der Waals surface area (Å²) in [4.78, 5) is 17.6. The average molecular weight is 304 g/mol. The maximum absolute atomic E-state index is 12.3. The van der Waals surface area contributed by atoms with Crippen LogP contribution in [0.5, 0.6) is 0 Å². The molecule has 20 heavy (non-hydrogen) atoms. The average Bonchev–Trinajstić information content (AvgIpc) is 2.85. The molecule has 2 aromatic rings. The standard InChI is InChI=1S/C10H7F3N4O2S/c11-10(12,13)8-16-9(20-17-8)15-4-5-1-2-6(7(18)19)14-3-5/h1-3H,4H2,(H,18,19)(H,15,16,17). The Morgan fingerprint density at radius 1 is 1.40 bits per heavy atom. The normalized spacial score (nSPS) is 11.3. The number of nitrogens with zero attached hydrogens (tertiary/aromatic N) is 3. The second-order valence-electron chi connectivity index (χ2n) is 3.63. The summed E-state index contributed by atoms with van der Waals surface area (Å²) in [6, 6.07) is 2.82. The number of rotatable bonds is 4. The summed E-state index contributed by atoms with van der Waals surface area (Å²) in [6.07, 6.45) is -3.25. The van der Waals surface area contributed by atoms with Crippen LogP contribution in [0.4, 0.5) is 18.3 Å². The van der Waals surface area contributed by atoms with Crippen molar-refractivity contribution in [3.63, 3.8) is 0 Å². The lowest BCUT2D eigenvalue weighted by atomic mass is 10.2. The summed E-state index contributed by atoms with van der Waals surface area (Å²) >= 11 is 0.597. The molecule has 2 N–H and O–H groups in total. The lowest BCUT2D eigenvalue weighted by Crippen LogP contribution is -2.08. The Hall–Kier alpha value is -2.23. The summed E-state index contributed by atoms with van der Waals surface area (Å²) in [7, 11) is 0. The van der Waals surface area contributed by atoms with Gasteiger partial charge in [0.25, 0.3) is 0 Å². The summed E-state index contributed by atoms with van der Waals surface area (Å²) in [5, 5.41) is 11.3. The van der Waals surface area contributed by atoms with Crippen molar-refractivity contribution in [3.05, 3.63) is 35.4 Å². The molecule has 2 rings (SSSR count). The molecule has 0 saturated carbocycles. The highest BCUT2D eigenvalue weighted by atomic mass is 32.1. The number of anilines is 1. The van der Waals surface area contributed by atoms with E-state index in [1.165, 1.54) is 18.3 Å². The van der Waals surface area contributed by atoms with Gasteiger partial charge in [-0.15, -0.1) is 0 Å². The van der Waals surface area contributed by atoms with Crippen molar-refractivity contribution < 1.29 is 23.1 Å². The third kappa shape index (κ3) is 3.41. The molecule has 0 radical (unpaired) electrons. The Labute approximate surface area is 114 Å². The van der Waals surface area contributed by atoms with Gasteiger partial charge >= 0.3 is 12.1 Å². The zero-order valence-corrected chi connectivity index (χ0v) is 10.5. The van der Waals surface area contributed by atoms with Crippen LogP contribution >= 0.6 is 11.5 Å². The van der Waals surface area contributed by atoms with Crippen molar-refractivity contribution in [2.24, 2.45) is 0 Å². The highest BCUT2D eigenvalue weighted by Gasteiger charge is 2.36. The van der Waals surface area contributed by atoms with Crippen LogP contribution in [0.15, 0.2) is 18.3 Å². The van der Waals surface area contributed by atoms with Crippen molar-refractivity contribution in [1.29, 1.82) is 0 Å². The van der Waals surface area contributed by atoms with Crippen LogP contribution in [-0.4, -0.2) is 25.4 Å². The molecule has 0 fully saturated rings. The molecule has 106 valence electrons. The van der Waals surface area contributed by atoms with Crippen molar-refractivity contribution >= 4 is 22.6 Å². The van der Waals surface area contributed by atoms with Gasteiger partial charge in [-0.3, -0.25) is 0 Å². The van der Waals surface area contributed by atoms with Crippen LogP contribution in [0, 0.1) is 0 Å². The van der Waals surface area contributed by atoms with Crippen LogP contribution in [-0.2, 0) is 12.7 Å². The predicted molar refractivity (Wildman–Crippen MR) is 63.4 cm³/mol. The first kappa shape index (κ1) is 14.2. The lowest BCUT2D eigenvalue weighted by molar-refractivity contribution is -0.144. The molecule has 0 atom stereocenters. The Morgan fingerprint density at radius 3 is 2.65 bits per heavy atom. The first-order valence-corrected chi connectivity index (χ1v) is 5.96. The van der Waals surface area contributed by atoms with Crippen LogP contribution in [0.2, 0.25) is 0 Å². The van der Waals surface area contributed by atoms with E-state index >= 15 is 0 Å². The summed E-state index contributed by atoms with van der Waals surface area (Å²) in [5.41, 5.74) is 0.503. The minimum Gasteiger partial charge on any atom is -0.477 e. The number of nitrogens with one attached hydrogen (secondary N) is 1. The molecule has 10 heteroatoms. The highest BCUT2D eigenvalue weighted by Crippen LogP contribution is 2.28. The number of carboxylic acids is 1. The van der Waals surface area contributed by atoms with E-state index in [4.69, 9.17) is 5.11 Å². The van der Waals surface area contributed by atoms with Gasteiger partial charge in [-0.05, 0) is 11.6 Å². The zero-order chi connectivity index (χ0) is 14.8. The number of hydrogen-bond acceptors (Lipinski definition) is 6. The maximum Gasteiger partial charge on any atom is 0.452 e. The van der Waals surface area contributed by atoms with Crippen molar-refractivity contribution in [2.45, 2.75) is 12.7 Å². The van der Waals surface area contributed by atoms with Gasteiger partial charge in [0.15, 0.2) is 0 Å². The maximum atomic E-state index is 12.3. The molecule has 0 saturated heterocycles. The number of aromatic carboxylic acids is 1. The van der Waals surface area contributed by atoms with E-state index in [0.29, 0.717) is 17.1 Å². The molecule has 0 aliphatic carbocycles. The van der Waals surface area contributed by atoms with Gasteiger partial charge in [0.2, 0.25) is 11.0 Å². The van der Waals surface area contributed by atoms with E-state index in [2.05, 4.69) is 19.7 Å². The molecule has 6 nitrogen and oxygen atoms in total. The van der Waals surface area contributed by atoms with Gasteiger partial charge in [-0.25, -0.2) is 9.78 Å². The van der Waals surface area contributed by atoms with E-state index in [0.717, 1.165) is 0 Å². The van der Waals surface area contributed by atoms with Crippen molar-refractivity contribution in [2.75, 3.05) is 5.32 Å². The van der Waals surface area contributed by atoms with Gasteiger partial charge < -0.3 is 10.4 Å². The molecule has 0 aliphatic rings. The second kappa shape index (κ2) is 5.41. The molecular weight excluding hydrogens is 297 g/mol. The number of alkyl halides is 3. The quantitative estimate of drug-likeness (QED) is 0.901. The fraction of sp³-hybridized carbons (Fsp3) is 0.200. The third-order valence-corrected chi connectivity index (χ3v) is 2.84. The summed E-state index contributed by atoms with van der Waals surface area (Å²) in [5.74, 6) is -2.34. The van der Waals surface area contributed by atoms with E-state index < -0.39 is 18.0 Å². The minimum absolute atomic E-state index is 0.0274. The molecule has 2 heterocycles. The van der Waals surface area contributed by atoms with Gasteiger partial charge in [0, 0.05) is 24.3 Å². The van der Waals surface area contributed by atoms with Gasteiger partial charge in [-0.1, -0.05) is 6.07 Å². The van der Waals surface area contributed by atoms with Crippen LogP contribution in [0.3, 0.4) is 0 Å². The first-order valence-electron chi connectivity index (χ1n) is 5.19. The topological polar surface area (TPSA) is 88.0 Å². The van der Waals surface area contributed by atoms with E-state index in [1.807, 2.05) is 0 Å². The largest absolute Gasteiger partial charge is 0.477 e. The number of halogens is 3. The van der Waals surface area contributed by atoms with E-state index in [-0.39, 0.29) is 17.4 Å². The van der Waals surface area contributed by atoms with Crippen LogP contribution in [0.25, 0.3) is 0 Å². The summed E-state index contributed by atoms with van der Waals surface area (Å²) < 4.78 is 40.0. The lowest BCUT2D eigenvalue weighted by Gasteiger charge is -2.02. The molecule has 0 aromatic carbocycles. The highest BCUT2D eigenvalue weighted by molar-refractivity contribution is 7.09. The smallest absolute Gasteiger partial charge is 0.452 e. The van der Waals surface area contributed by atoms with Crippen molar-refractivity contribution in [1.82, 2.24) is 14.3 Å². The number of aromatic nitrogens is 3. The van der Waals surface area contributed by atoms with Crippen LogP contribution < -0.4 is 5.32 Å². The fourth-order valence-corrected chi connectivity index (χ4v) is 1.82. The van der Waals surface area contributed by atoms with E-state index in [9.17, 15) is 18.0 Å². The Morgan fingerprint density at radius 2 is 2.15 bits per heavy atom. The Bertz CT molecular complexity index is 612. The first-order chi connectivity index (χ1) is 9.36. The number of pyridine rings is 1. The Balaban J connectivity index is 1.98. The molecule has 0 spiro atoms. The number of hydrogen-bond donors (Lipinski definition) is 2. The monoisotopic (exact) mass is 304 g/mol. The number of carboxylic acid groups (broad SMARTS) is 1. The van der Waals surface area contributed by atoms with Crippen molar-refractivity contribution in [3.8, 4) is 0 Å². The molecule has 0 amide bonds. The Kier molecular flexibility index (Phi) is 3.84. The number of carbonyl (C=O) groups is 1. The van der Waals surface area contributed by atoms with Gasteiger partial charge in [0.05, 0.1) is 0 Å². The molecule has 0 bridgehead atoms. The third-order valence-electron chi connectivity index (χ3n) is 2.17. The van der Waals surface area contributed by atoms with Crippen LogP contribution in [0.1, 0.15) is 21.9 Å². The molecule has 0 unspecified atom stereocenters. The minimum atomic E-state index is -4.57. The predicted octanol–water partition coefficient (Wildman–Crippen LogP) is 2.26.